The van der Waals surface area contributed by atoms with Crippen molar-refractivity contribution in [1.29, 1.82) is 0 Å². The highest BCUT2D eigenvalue weighted by molar-refractivity contribution is 9.10. The van der Waals surface area contributed by atoms with E-state index in [1.54, 1.807) is 0 Å². The van der Waals surface area contributed by atoms with Crippen LogP contribution in [0.15, 0.2) is 33.2 Å². The molecule has 2 aromatic rings. The number of aryl methyl sites for hydroxylation is 2. The molecule has 110 valence electrons. The van der Waals surface area contributed by atoms with Gasteiger partial charge < -0.3 is 5.32 Å². The number of halogens is 4. The maximum atomic E-state index is 13.8. The van der Waals surface area contributed by atoms with Crippen LogP contribution in [0.4, 0.5) is 14.5 Å². The SMILES string of the molecule is Cc1cc(Br)cc(C)c1NC(=O)c1c(F)cc(Br)cc1F. The van der Waals surface area contributed by atoms with E-state index < -0.39 is 23.1 Å². The highest BCUT2D eigenvalue weighted by atomic mass is 79.9. The van der Waals surface area contributed by atoms with Crippen LogP contribution in [0.2, 0.25) is 0 Å². The Morgan fingerprint density at radius 3 is 1.86 bits per heavy atom. The lowest BCUT2D eigenvalue weighted by Gasteiger charge is -2.13. The first-order chi connectivity index (χ1) is 9.79. The third kappa shape index (κ3) is 3.49. The lowest BCUT2D eigenvalue weighted by atomic mass is 10.1. The van der Waals surface area contributed by atoms with Gasteiger partial charge in [-0.1, -0.05) is 31.9 Å². The molecule has 0 saturated carbocycles. The van der Waals surface area contributed by atoms with E-state index in [9.17, 15) is 13.6 Å². The van der Waals surface area contributed by atoms with Crippen LogP contribution >= 0.6 is 31.9 Å². The molecule has 0 aliphatic heterocycles. The van der Waals surface area contributed by atoms with Crippen LogP contribution in [0, 0.1) is 25.5 Å². The first-order valence-electron chi connectivity index (χ1n) is 6.02. The highest BCUT2D eigenvalue weighted by Gasteiger charge is 2.19. The maximum Gasteiger partial charge on any atom is 0.261 e. The average molecular weight is 419 g/mol. The molecule has 0 unspecified atom stereocenters. The van der Waals surface area contributed by atoms with Crippen LogP contribution in [-0.4, -0.2) is 5.91 Å². The summed E-state index contributed by atoms with van der Waals surface area (Å²) in [5.41, 5.74) is 1.55. The number of carbonyl (C=O) groups excluding carboxylic acids is 1. The molecule has 1 N–H and O–H groups in total. The molecule has 0 spiro atoms. The van der Waals surface area contributed by atoms with Gasteiger partial charge in [0.15, 0.2) is 0 Å². The Morgan fingerprint density at radius 1 is 0.952 bits per heavy atom. The van der Waals surface area contributed by atoms with Gasteiger partial charge in [-0.3, -0.25) is 4.79 Å². The van der Waals surface area contributed by atoms with E-state index in [1.165, 1.54) is 0 Å². The van der Waals surface area contributed by atoms with Gasteiger partial charge in [-0.15, -0.1) is 0 Å². The highest BCUT2D eigenvalue weighted by Crippen LogP contribution is 2.27. The summed E-state index contributed by atoms with van der Waals surface area (Å²) in [5.74, 6) is -2.63. The Balaban J connectivity index is 2.40. The third-order valence-corrected chi connectivity index (χ3v) is 3.89. The first-order valence-corrected chi connectivity index (χ1v) is 7.61. The largest absolute Gasteiger partial charge is 0.321 e. The number of rotatable bonds is 2. The average Bonchev–Trinajstić information content (AvgIpc) is 2.32. The second kappa shape index (κ2) is 6.23. The number of hydrogen-bond donors (Lipinski definition) is 1. The van der Waals surface area contributed by atoms with Gasteiger partial charge in [0.25, 0.3) is 5.91 Å². The maximum absolute atomic E-state index is 13.8. The number of nitrogens with one attached hydrogen (secondary N) is 1. The van der Waals surface area contributed by atoms with Crippen molar-refractivity contribution >= 4 is 43.5 Å². The summed E-state index contributed by atoms with van der Waals surface area (Å²) in [6, 6.07) is 5.74. The minimum absolute atomic E-state index is 0.241. The zero-order chi connectivity index (χ0) is 15.7. The Kier molecular flexibility index (Phi) is 4.78. The number of hydrogen-bond acceptors (Lipinski definition) is 1. The molecule has 0 radical (unpaired) electrons. The standard InChI is InChI=1S/C15H11Br2F2NO/c1-7-3-9(16)4-8(2)14(7)20-15(21)13-11(18)5-10(17)6-12(13)19/h3-6H,1-2H3,(H,20,21). The monoisotopic (exact) mass is 417 g/mol. The van der Waals surface area contributed by atoms with Crippen LogP contribution in [0.25, 0.3) is 0 Å². The van der Waals surface area contributed by atoms with Crippen LogP contribution in [-0.2, 0) is 0 Å². The zero-order valence-electron chi connectivity index (χ0n) is 11.2. The topological polar surface area (TPSA) is 29.1 Å². The van der Waals surface area contributed by atoms with Crippen molar-refractivity contribution in [2.75, 3.05) is 5.32 Å². The normalized spacial score (nSPS) is 10.6. The van der Waals surface area contributed by atoms with Crippen LogP contribution in [0.1, 0.15) is 21.5 Å². The van der Waals surface area contributed by atoms with Gasteiger partial charge in [0.05, 0.1) is 0 Å². The van der Waals surface area contributed by atoms with Crippen molar-refractivity contribution < 1.29 is 13.6 Å². The van der Waals surface area contributed by atoms with E-state index in [2.05, 4.69) is 37.2 Å². The number of benzene rings is 2. The Bertz CT molecular complexity index is 686. The minimum Gasteiger partial charge on any atom is -0.321 e. The first kappa shape index (κ1) is 16.1. The second-order valence-electron chi connectivity index (χ2n) is 4.61. The lowest BCUT2D eigenvalue weighted by Crippen LogP contribution is -2.17. The van der Waals surface area contributed by atoms with E-state index in [0.717, 1.165) is 27.7 Å². The fourth-order valence-corrected chi connectivity index (χ4v) is 3.13. The van der Waals surface area contributed by atoms with Crippen molar-refractivity contribution in [3.63, 3.8) is 0 Å². The predicted molar refractivity (Wildman–Crippen MR) is 85.6 cm³/mol. The molecular formula is C15H11Br2F2NO. The zero-order valence-corrected chi connectivity index (χ0v) is 14.4. The number of carbonyl (C=O) groups is 1. The van der Waals surface area contributed by atoms with Crippen molar-refractivity contribution in [2.45, 2.75) is 13.8 Å². The van der Waals surface area contributed by atoms with Crippen molar-refractivity contribution in [2.24, 2.45) is 0 Å². The Labute approximate surface area is 137 Å². The summed E-state index contributed by atoms with van der Waals surface area (Å²) in [7, 11) is 0. The molecule has 0 heterocycles. The quantitative estimate of drug-likeness (QED) is 0.698. The summed E-state index contributed by atoms with van der Waals surface area (Å²) in [6.45, 7) is 3.61. The van der Waals surface area contributed by atoms with E-state index in [4.69, 9.17) is 0 Å². The Hall–Kier alpha value is -1.27. The van der Waals surface area contributed by atoms with Gasteiger partial charge in [0, 0.05) is 14.6 Å². The Morgan fingerprint density at radius 2 is 1.38 bits per heavy atom. The van der Waals surface area contributed by atoms with E-state index in [0.29, 0.717) is 5.69 Å². The van der Waals surface area contributed by atoms with E-state index in [1.807, 2.05) is 26.0 Å². The lowest BCUT2D eigenvalue weighted by molar-refractivity contribution is 0.101. The van der Waals surface area contributed by atoms with Crippen molar-refractivity contribution in [1.82, 2.24) is 0 Å². The molecule has 6 heteroatoms. The second-order valence-corrected chi connectivity index (χ2v) is 6.44. The van der Waals surface area contributed by atoms with Crippen LogP contribution < -0.4 is 5.32 Å². The molecule has 0 saturated heterocycles. The summed E-state index contributed by atoms with van der Waals surface area (Å²) in [4.78, 5) is 12.1. The predicted octanol–water partition coefficient (Wildman–Crippen LogP) is 5.36. The fraction of sp³-hybridized carbons (Fsp3) is 0.133. The fourth-order valence-electron chi connectivity index (χ4n) is 2.04. The van der Waals surface area contributed by atoms with Gasteiger partial charge in [0.1, 0.15) is 17.2 Å². The van der Waals surface area contributed by atoms with Crippen molar-refractivity contribution in [3.05, 3.63) is 61.5 Å². The molecule has 2 aromatic carbocycles. The number of amides is 1. The number of anilines is 1. The molecule has 0 aromatic heterocycles. The van der Waals surface area contributed by atoms with E-state index in [-0.39, 0.29) is 4.47 Å². The molecular weight excluding hydrogens is 408 g/mol. The smallest absolute Gasteiger partial charge is 0.261 e. The molecule has 0 fully saturated rings. The molecule has 0 aliphatic carbocycles. The summed E-state index contributed by atoms with van der Waals surface area (Å²) in [6.07, 6.45) is 0. The molecule has 2 nitrogen and oxygen atoms in total. The van der Waals surface area contributed by atoms with Crippen LogP contribution in [0.5, 0.6) is 0 Å². The molecule has 0 bridgehead atoms. The van der Waals surface area contributed by atoms with E-state index >= 15 is 0 Å². The molecule has 0 atom stereocenters. The summed E-state index contributed by atoms with van der Waals surface area (Å²) < 4.78 is 28.7. The third-order valence-electron chi connectivity index (χ3n) is 2.97. The van der Waals surface area contributed by atoms with Crippen LogP contribution in [0.3, 0.4) is 0 Å². The van der Waals surface area contributed by atoms with Gasteiger partial charge in [-0.25, -0.2) is 8.78 Å². The van der Waals surface area contributed by atoms with Gasteiger partial charge in [-0.05, 0) is 49.2 Å². The van der Waals surface area contributed by atoms with Gasteiger partial charge in [0.2, 0.25) is 0 Å². The summed E-state index contributed by atoms with van der Waals surface area (Å²) in [5, 5.41) is 2.57. The molecule has 2 rings (SSSR count). The van der Waals surface area contributed by atoms with Gasteiger partial charge in [-0.2, -0.15) is 0 Å². The van der Waals surface area contributed by atoms with Crippen molar-refractivity contribution in [3.8, 4) is 0 Å². The minimum atomic E-state index is -0.910. The molecule has 21 heavy (non-hydrogen) atoms. The summed E-state index contributed by atoms with van der Waals surface area (Å²) >= 11 is 6.33. The van der Waals surface area contributed by atoms with Gasteiger partial charge >= 0.3 is 0 Å². The molecule has 0 aliphatic rings. The molecule has 1 amide bonds.